The van der Waals surface area contributed by atoms with Gasteiger partial charge in [-0.15, -0.1) is 23.4 Å². The Morgan fingerprint density at radius 1 is 1.12 bits per heavy atom. The number of hydrogen-bond donors (Lipinski definition) is 0. The molecule has 1 heterocycles. The van der Waals surface area contributed by atoms with Crippen LogP contribution >= 0.6 is 23.4 Å². The van der Waals surface area contributed by atoms with Gasteiger partial charge in [0.15, 0.2) is 0 Å². The Morgan fingerprint density at radius 2 is 1.75 bits per heavy atom. The van der Waals surface area contributed by atoms with Gasteiger partial charge in [-0.25, -0.2) is 8.42 Å². The van der Waals surface area contributed by atoms with E-state index in [0.29, 0.717) is 17.3 Å². The van der Waals surface area contributed by atoms with E-state index < -0.39 is 10.0 Å². The zero-order valence-corrected chi connectivity index (χ0v) is 16.3. The van der Waals surface area contributed by atoms with Crippen molar-refractivity contribution >= 4 is 39.1 Å². The number of halogens is 1. The lowest BCUT2D eigenvalue weighted by Crippen LogP contribution is -2.46. The van der Waals surface area contributed by atoms with Crippen molar-refractivity contribution in [3.63, 3.8) is 0 Å². The fraction of sp³-hybridized carbons (Fsp3) is 0.333. The van der Waals surface area contributed by atoms with Crippen LogP contribution in [0.2, 0.25) is 0 Å². The fourth-order valence-corrected chi connectivity index (χ4v) is 6.02. The molecule has 0 aromatic heterocycles. The average molecular weight is 382 g/mol. The van der Waals surface area contributed by atoms with E-state index in [-0.39, 0.29) is 4.75 Å². The van der Waals surface area contributed by atoms with Gasteiger partial charge in [0, 0.05) is 10.8 Å². The van der Waals surface area contributed by atoms with E-state index >= 15 is 0 Å². The summed E-state index contributed by atoms with van der Waals surface area (Å²) in [6.07, 6.45) is 0. The lowest BCUT2D eigenvalue weighted by atomic mass is 10.1. The zero-order chi connectivity index (χ0) is 17.5. The molecule has 6 heteroatoms. The molecule has 0 N–H and O–H groups in total. The normalized spacial score (nSPS) is 20.8. The average Bonchev–Trinajstić information content (AvgIpc) is 2.54. The molecule has 24 heavy (non-hydrogen) atoms. The van der Waals surface area contributed by atoms with E-state index in [1.54, 1.807) is 23.9 Å². The van der Waals surface area contributed by atoms with Gasteiger partial charge in [0.05, 0.1) is 21.9 Å². The third kappa shape index (κ3) is 3.17. The molecular formula is C18H20ClNO2S2. The molecule has 0 amide bonds. The summed E-state index contributed by atoms with van der Waals surface area (Å²) < 4.78 is 27.6. The molecular weight excluding hydrogens is 362 g/mol. The predicted molar refractivity (Wildman–Crippen MR) is 102 cm³/mol. The lowest BCUT2D eigenvalue weighted by molar-refractivity contribution is 0.582. The minimum Gasteiger partial charge on any atom is -0.264 e. The first kappa shape index (κ1) is 17.6. The third-order valence-corrected chi connectivity index (χ3v) is 7.95. The Kier molecular flexibility index (Phi) is 4.62. The van der Waals surface area contributed by atoms with Crippen molar-refractivity contribution < 1.29 is 8.42 Å². The van der Waals surface area contributed by atoms with E-state index in [2.05, 4.69) is 0 Å². The fourth-order valence-electron chi connectivity index (χ4n) is 2.72. The van der Waals surface area contributed by atoms with Crippen LogP contribution < -0.4 is 4.31 Å². The first-order chi connectivity index (χ1) is 11.2. The summed E-state index contributed by atoms with van der Waals surface area (Å²) in [6, 6.07) is 12.8. The molecule has 0 spiro atoms. The standard InChI is InChI=1S/C18H20ClNO2S2/c1-13-4-7-15(8-5-13)24(21,22)20-12-18(3,11-19)23-17-10-14(2)6-9-16(17)20/h4-10H,11-12H2,1-3H3/t18-/m0/s1. The topological polar surface area (TPSA) is 37.4 Å². The highest BCUT2D eigenvalue weighted by atomic mass is 35.5. The van der Waals surface area contributed by atoms with E-state index in [4.69, 9.17) is 11.6 Å². The largest absolute Gasteiger partial charge is 0.264 e. The lowest BCUT2D eigenvalue weighted by Gasteiger charge is -2.40. The van der Waals surface area contributed by atoms with Crippen LogP contribution in [-0.4, -0.2) is 25.6 Å². The molecule has 0 saturated carbocycles. The summed E-state index contributed by atoms with van der Waals surface area (Å²) in [5.74, 6) is 0.380. The van der Waals surface area contributed by atoms with Gasteiger partial charge < -0.3 is 0 Å². The van der Waals surface area contributed by atoms with Crippen LogP contribution in [0.4, 0.5) is 5.69 Å². The maximum Gasteiger partial charge on any atom is 0.264 e. The van der Waals surface area contributed by atoms with E-state index in [1.807, 2.05) is 51.1 Å². The quantitative estimate of drug-likeness (QED) is 0.729. The van der Waals surface area contributed by atoms with E-state index in [0.717, 1.165) is 21.7 Å². The van der Waals surface area contributed by atoms with Crippen LogP contribution in [0.5, 0.6) is 0 Å². The van der Waals surface area contributed by atoms with Crippen LogP contribution in [0.25, 0.3) is 0 Å². The Hall–Kier alpha value is -1.17. The van der Waals surface area contributed by atoms with Crippen molar-refractivity contribution in [1.82, 2.24) is 0 Å². The molecule has 0 aliphatic carbocycles. The molecule has 1 aliphatic heterocycles. The zero-order valence-electron chi connectivity index (χ0n) is 13.9. The molecule has 0 fully saturated rings. The number of sulfonamides is 1. The smallest absolute Gasteiger partial charge is 0.264 e. The second-order valence-electron chi connectivity index (χ2n) is 6.48. The molecule has 128 valence electrons. The number of anilines is 1. The molecule has 0 saturated heterocycles. The van der Waals surface area contributed by atoms with Gasteiger partial charge in [-0.05, 0) is 50.6 Å². The number of alkyl halides is 1. The van der Waals surface area contributed by atoms with Crippen LogP contribution in [0, 0.1) is 13.8 Å². The highest BCUT2D eigenvalue weighted by Crippen LogP contribution is 2.47. The predicted octanol–water partition coefficient (Wildman–Crippen LogP) is 4.60. The van der Waals surface area contributed by atoms with Gasteiger partial charge in [0.25, 0.3) is 10.0 Å². The number of aryl methyl sites for hydroxylation is 2. The summed E-state index contributed by atoms with van der Waals surface area (Å²) in [5, 5.41) is 0. The van der Waals surface area contributed by atoms with Gasteiger partial charge in [0.2, 0.25) is 0 Å². The van der Waals surface area contributed by atoms with Gasteiger partial charge in [-0.2, -0.15) is 0 Å². The number of rotatable bonds is 3. The van der Waals surface area contributed by atoms with E-state index in [9.17, 15) is 8.42 Å². The molecule has 0 radical (unpaired) electrons. The molecule has 0 unspecified atom stereocenters. The number of benzene rings is 2. The molecule has 3 rings (SSSR count). The SMILES string of the molecule is Cc1ccc(S(=O)(=O)N2C[C@](C)(CCl)Sc3cc(C)ccc32)cc1. The van der Waals surface area contributed by atoms with Crippen molar-refractivity contribution in [3.8, 4) is 0 Å². The van der Waals surface area contributed by atoms with Gasteiger partial charge in [-0.1, -0.05) is 23.8 Å². The van der Waals surface area contributed by atoms with Crippen LogP contribution in [0.3, 0.4) is 0 Å². The van der Waals surface area contributed by atoms with Crippen molar-refractivity contribution in [3.05, 3.63) is 53.6 Å². The van der Waals surface area contributed by atoms with Crippen LogP contribution in [-0.2, 0) is 10.0 Å². The molecule has 0 bridgehead atoms. The maximum atomic E-state index is 13.2. The highest BCUT2D eigenvalue weighted by Gasteiger charge is 2.40. The van der Waals surface area contributed by atoms with Crippen LogP contribution in [0.1, 0.15) is 18.1 Å². The second-order valence-corrected chi connectivity index (χ2v) is 10.2. The third-order valence-electron chi connectivity index (χ3n) is 4.11. The van der Waals surface area contributed by atoms with Gasteiger partial charge in [-0.3, -0.25) is 4.31 Å². The van der Waals surface area contributed by atoms with E-state index in [1.165, 1.54) is 4.31 Å². The number of hydrogen-bond acceptors (Lipinski definition) is 3. The van der Waals surface area contributed by atoms with Crippen LogP contribution in [0.15, 0.2) is 52.3 Å². The van der Waals surface area contributed by atoms with Gasteiger partial charge >= 0.3 is 0 Å². The molecule has 3 nitrogen and oxygen atoms in total. The van der Waals surface area contributed by atoms with Crippen molar-refractivity contribution in [1.29, 1.82) is 0 Å². The minimum absolute atomic E-state index is 0.309. The number of nitrogens with zero attached hydrogens (tertiary/aromatic N) is 1. The molecule has 1 atom stereocenters. The summed E-state index contributed by atoms with van der Waals surface area (Å²) in [7, 11) is -3.62. The van der Waals surface area contributed by atoms with Crippen molar-refractivity contribution in [2.45, 2.75) is 35.3 Å². The number of fused-ring (bicyclic) bond motifs is 1. The maximum absolute atomic E-state index is 13.2. The highest BCUT2D eigenvalue weighted by molar-refractivity contribution is 8.01. The monoisotopic (exact) mass is 381 g/mol. The summed E-state index contributed by atoms with van der Waals surface area (Å²) in [4.78, 5) is 1.27. The Bertz CT molecular complexity index is 865. The summed E-state index contributed by atoms with van der Waals surface area (Å²) >= 11 is 7.82. The van der Waals surface area contributed by atoms with Crippen molar-refractivity contribution in [2.24, 2.45) is 0 Å². The summed E-state index contributed by atoms with van der Waals surface area (Å²) in [6.45, 7) is 6.31. The van der Waals surface area contributed by atoms with Crippen molar-refractivity contribution in [2.75, 3.05) is 16.7 Å². The minimum atomic E-state index is -3.62. The first-order valence-corrected chi connectivity index (χ1v) is 10.5. The first-order valence-electron chi connectivity index (χ1n) is 7.70. The molecule has 2 aromatic rings. The van der Waals surface area contributed by atoms with Gasteiger partial charge in [0.1, 0.15) is 0 Å². The Morgan fingerprint density at radius 3 is 2.38 bits per heavy atom. The Balaban J connectivity index is 2.14. The number of thioether (sulfide) groups is 1. The Labute approximate surface area is 153 Å². The molecule has 1 aliphatic rings. The summed E-state index contributed by atoms with van der Waals surface area (Å²) in [5.41, 5.74) is 2.87. The second kappa shape index (κ2) is 6.28. The molecule has 2 aromatic carbocycles.